The molecule has 2 aromatic rings. The summed E-state index contributed by atoms with van der Waals surface area (Å²) in [7, 11) is 0. The number of fused-ring (bicyclic) bond motifs is 1. The quantitative estimate of drug-likeness (QED) is 0.538. The lowest BCUT2D eigenvalue weighted by Crippen LogP contribution is -2.37. The summed E-state index contributed by atoms with van der Waals surface area (Å²) in [5, 5.41) is 2.76. The van der Waals surface area contributed by atoms with Crippen LogP contribution in [0, 0.1) is 0 Å². The normalized spacial score (nSPS) is 15.9. The number of hydrogen-bond acceptors (Lipinski definition) is 4. The molecule has 0 spiro atoms. The summed E-state index contributed by atoms with van der Waals surface area (Å²) in [5.41, 5.74) is 1.32. The van der Waals surface area contributed by atoms with E-state index >= 15 is 0 Å². The molecule has 116 valence electrons. The van der Waals surface area contributed by atoms with E-state index in [1.54, 1.807) is 55.5 Å². The second-order valence-electron chi connectivity index (χ2n) is 5.18. The predicted molar refractivity (Wildman–Crippen MR) is 84.2 cm³/mol. The van der Waals surface area contributed by atoms with Gasteiger partial charge in [0.05, 0.1) is 11.1 Å². The summed E-state index contributed by atoms with van der Waals surface area (Å²) in [4.78, 5) is 24.0. The van der Waals surface area contributed by atoms with Crippen molar-refractivity contribution in [2.24, 2.45) is 0 Å². The minimum Gasteiger partial charge on any atom is -0.465 e. The second-order valence-corrected chi connectivity index (χ2v) is 5.18. The van der Waals surface area contributed by atoms with E-state index in [1.807, 2.05) is 0 Å². The van der Waals surface area contributed by atoms with Crippen LogP contribution in [0.3, 0.4) is 0 Å². The van der Waals surface area contributed by atoms with Crippen LogP contribution < -0.4 is 14.8 Å². The van der Waals surface area contributed by atoms with Gasteiger partial charge >= 0.3 is 5.97 Å². The zero-order valence-electron chi connectivity index (χ0n) is 12.5. The molecule has 5 nitrogen and oxygen atoms in total. The van der Waals surface area contributed by atoms with Crippen molar-refractivity contribution < 1.29 is 19.1 Å². The SMILES string of the molecule is C=C(C)C(=O)Oc1ccccc1[C@H]1NC(=O)c2ccccc2O1. The molecule has 0 unspecified atom stereocenters. The van der Waals surface area contributed by atoms with Crippen molar-refractivity contribution in [3.63, 3.8) is 0 Å². The second kappa shape index (κ2) is 5.96. The molecule has 0 bridgehead atoms. The fourth-order valence-corrected chi connectivity index (χ4v) is 2.23. The number of rotatable bonds is 3. The minimum absolute atomic E-state index is 0.238. The number of nitrogens with one attached hydrogen (secondary N) is 1. The van der Waals surface area contributed by atoms with Crippen LogP contribution >= 0.6 is 0 Å². The Hall–Kier alpha value is -3.08. The number of benzene rings is 2. The number of esters is 1. The van der Waals surface area contributed by atoms with E-state index in [1.165, 1.54) is 0 Å². The van der Waals surface area contributed by atoms with Gasteiger partial charge in [-0.1, -0.05) is 30.8 Å². The molecule has 0 aliphatic carbocycles. The summed E-state index contributed by atoms with van der Waals surface area (Å²) in [6.07, 6.45) is -0.730. The number of carbonyl (C=O) groups is 2. The van der Waals surface area contributed by atoms with Crippen molar-refractivity contribution in [2.45, 2.75) is 13.2 Å². The van der Waals surface area contributed by atoms with E-state index in [2.05, 4.69) is 11.9 Å². The Balaban J connectivity index is 1.93. The highest BCUT2D eigenvalue weighted by Crippen LogP contribution is 2.33. The monoisotopic (exact) mass is 309 g/mol. The summed E-state index contributed by atoms with van der Waals surface area (Å²) in [6, 6.07) is 13.9. The molecule has 0 radical (unpaired) electrons. The van der Waals surface area contributed by atoms with Gasteiger partial charge in [0.25, 0.3) is 5.91 Å². The summed E-state index contributed by atoms with van der Waals surface area (Å²) >= 11 is 0. The Labute approximate surface area is 133 Å². The first-order valence-corrected chi connectivity index (χ1v) is 7.09. The molecule has 0 fully saturated rings. The van der Waals surface area contributed by atoms with Gasteiger partial charge < -0.3 is 14.8 Å². The number of para-hydroxylation sites is 2. The first-order chi connectivity index (χ1) is 11.1. The van der Waals surface area contributed by atoms with Crippen LogP contribution in [0.25, 0.3) is 0 Å². The van der Waals surface area contributed by atoms with Gasteiger partial charge in [0.2, 0.25) is 6.23 Å². The lowest BCUT2D eigenvalue weighted by atomic mass is 10.1. The average Bonchev–Trinajstić information content (AvgIpc) is 2.55. The third kappa shape index (κ3) is 2.94. The molecule has 1 heterocycles. The fraction of sp³-hybridized carbons (Fsp3) is 0.111. The van der Waals surface area contributed by atoms with Crippen LogP contribution in [0.4, 0.5) is 0 Å². The molecule has 0 saturated carbocycles. The van der Waals surface area contributed by atoms with Crippen molar-refractivity contribution >= 4 is 11.9 Å². The summed E-state index contributed by atoms with van der Waals surface area (Å²) in [6.45, 7) is 5.13. The number of ether oxygens (including phenoxy) is 2. The molecule has 3 rings (SSSR count). The van der Waals surface area contributed by atoms with Crippen LogP contribution in [0.1, 0.15) is 29.1 Å². The maximum absolute atomic E-state index is 12.2. The molecule has 1 N–H and O–H groups in total. The van der Waals surface area contributed by atoms with Gasteiger partial charge in [-0.2, -0.15) is 0 Å². The fourth-order valence-electron chi connectivity index (χ4n) is 2.23. The average molecular weight is 309 g/mol. The van der Waals surface area contributed by atoms with Gasteiger partial charge in [0.1, 0.15) is 11.5 Å². The Morgan fingerprint density at radius 1 is 1.17 bits per heavy atom. The predicted octanol–water partition coefficient (Wildman–Crippen LogP) is 2.99. The van der Waals surface area contributed by atoms with E-state index in [0.29, 0.717) is 28.2 Å². The van der Waals surface area contributed by atoms with E-state index < -0.39 is 12.2 Å². The molecule has 1 aliphatic heterocycles. The van der Waals surface area contributed by atoms with E-state index in [4.69, 9.17) is 9.47 Å². The van der Waals surface area contributed by atoms with Crippen molar-refractivity contribution in [3.05, 3.63) is 71.8 Å². The summed E-state index contributed by atoms with van der Waals surface area (Å²) < 4.78 is 11.1. The van der Waals surface area contributed by atoms with Gasteiger partial charge in [-0.05, 0) is 31.2 Å². The van der Waals surface area contributed by atoms with Crippen molar-refractivity contribution in [3.8, 4) is 11.5 Å². The number of hydrogen-bond donors (Lipinski definition) is 1. The van der Waals surface area contributed by atoms with Gasteiger partial charge in [0, 0.05) is 5.57 Å². The zero-order chi connectivity index (χ0) is 16.4. The van der Waals surface area contributed by atoms with Crippen LogP contribution in [-0.4, -0.2) is 11.9 Å². The lowest BCUT2D eigenvalue weighted by Gasteiger charge is -2.27. The molecular formula is C18H15NO4. The largest absolute Gasteiger partial charge is 0.465 e. The van der Waals surface area contributed by atoms with Crippen molar-refractivity contribution in [2.75, 3.05) is 0 Å². The maximum atomic E-state index is 12.2. The summed E-state index contributed by atoms with van der Waals surface area (Å²) in [5.74, 6) is 0.0466. The standard InChI is InChI=1S/C18H15NO4/c1-11(2)18(21)23-15-10-6-4-8-13(15)17-19-16(20)12-7-3-5-9-14(12)22-17/h3-10,17H,1H2,2H3,(H,19,20)/t17-/m0/s1. The van der Waals surface area contributed by atoms with Gasteiger partial charge in [-0.3, -0.25) is 4.79 Å². The Kier molecular flexibility index (Phi) is 3.85. The first kappa shape index (κ1) is 14.8. The van der Waals surface area contributed by atoms with Crippen LogP contribution in [0.5, 0.6) is 11.5 Å². The highest BCUT2D eigenvalue weighted by atomic mass is 16.5. The van der Waals surface area contributed by atoms with Gasteiger partial charge in [0.15, 0.2) is 0 Å². The third-order valence-electron chi connectivity index (χ3n) is 3.39. The molecule has 0 saturated heterocycles. The van der Waals surface area contributed by atoms with Crippen LogP contribution in [-0.2, 0) is 4.79 Å². The van der Waals surface area contributed by atoms with Crippen LogP contribution in [0.2, 0.25) is 0 Å². The third-order valence-corrected chi connectivity index (χ3v) is 3.39. The molecule has 5 heteroatoms. The van der Waals surface area contributed by atoms with Gasteiger partial charge in [-0.15, -0.1) is 0 Å². The van der Waals surface area contributed by atoms with Gasteiger partial charge in [-0.25, -0.2) is 4.79 Å². The van der Waals surface area contributed by atoms with E-state index in [9.17, 15) is 9.59 Å². The first-order valence-electron chi connectivity index (χ1n) is 7.09. The van der Waals surface area contributed by atoms with E-state index in [-0.39, 0.29) is 5.91 Å². The van der Waals surface area contributed by atoms with Crippen LogP contribution in [0.15, 0.2) is 60.7 Å². The Bertz CT molecular complexity index is 797. The van der Waals surface area contributed by atoms with E-state index in [0.717, 1.165) is 0 Å². The molecule has 0 aromatic heterocycles. The molecule has 1 amide bonds. The number of amides is 1. The Morgan fingerprint density at radius 3 is 2.65 bits per heavy atom. The van der Waals surface area contributed by atoms with Crippen molar-refractivity contribution in [1.29, 1.82) is 0 Å². The Morgan fingerprint density at radius 2 is 1.87 bits per heavy atom. The molecule has 1 aliphatic rings. The highest BCUT2D eigenvalue weighted by Gasteiger charge is 2.28. The lowest BCUT2D eigenvalue weighted by molar-refractivity contribution is -0.130. The number of carbonyl (C=O) groups excluding carboxylic acids is 2. The maximum Gasteiger partial charge on any atom is 0.338 e. The highest BCUT2D eigenvalue weighted by molar-refractivity contribution is 5.98. The topological polar surface area (TPSA) is 64.6 Å². The zero-order valence-corrected chi connectivity index (χ0v) is 12.5. The smallest absolute Gasteiger partial charge is 0.338 e. The molecule has 1 atom stereocenters. The molecule has 23 heavy (non-hydrogen) atoms. The molecule has 2 aromatic carbocycles. The molecular weight excluding hydrogens is 294 g/mol. The minimum atomic E-state index is -0.730. The van der Waals surface area contributed by atoms with Crippen molar-refractivity contribution in [1.82, 2.24) is 5.32 Å².